The summed E-state index contributed by atoms with van der Waals surface area (Å²) in [6, 6.07) is 8.02. The molecule has 0 unspecified atom stereocenters. The van der Waals surface area contributed by atoms with Gasteiger partial charge in [0.25, 0.3) is 0 Å². The number of aliphatic hydroxyl groups is 1. The number of sulfone groups is 1. The van der Waals surface area contributed by atoms with E-state index in [0.717, 1.165) is 13.0 Å². The maximum atomic E-state index is 12.1. The Balaban J connectivity index is 2.12. The second-order valence-corrected chi connectivity index (χ2v) is 6.40. The maximum Gasteiger partial charge on any atom is 0.180 e. The largest absolute Gasteiger partial charge is 0.391 e. The highest BCUT2D eigenvalue weighted by atomic mass is 32.2. The summed E-state index contributed by atoms with van der Waals surface area (Å²) < 4.78 is 24.2. The Morgan fingerprint density at radius 1 is 1.29 bits per heavy atom. The summed E-state index contributed by atoms with van der Waals surface area (Å²) in [5.74, 6) is -0.0435. The lowest BCUT2D eigenvalue weighted by molar-refractivity contribution is 0.105. The van der Waals surface area contributed by atoms with Gasteiger partial charge >= 0.3 is 0 Å². The molecular formula is C12H17NO3S. The molecule has 4 nitrogen and oxygen atoms in total. The summed E-state index contributed by atoms with van der Waals surface area (Å²) in [6.45, 7) is 0.770. The van der Waals surface area contributed by atoms with Crippen molar-refractivity contribution in [2.24, 2.45) is 0 Å². The van der Waals surface area contributed by atoms with Gasteiger partial charge in [-0.1, -0.05) is 18.2 Å². The number of nitrogens with one attached hydrogen (secondary N) is 1. The molecule has 0 aromatic heterocycles. The Bertz CT molecular complexity index is 458. The predicted octanol–water partition coefficient (Wildman–Crippen LogP) is 0.573. The highest BCUT2D eigenvalue weighted by Crippen LogP contribution is 2.16. The van der Waals surface area contributed by atoms with Crippen LogP contribution in [0.2, 0.25) is 0 Å². The zero-order valence-corrected chi connectivity index (χ0v) is 10.4. The van der Waals surface area contributed by atoms with Crippen molar-refractivity contribution in [3.05, 3.63) is 30.3 Å². The molecule has 0 bridgehead atoms. The average molecular weight is 255 g/mol. The standard InChI is InChI=1S/C12H17NO3S/c14-12-7-4-8-13-11(12)9-17(15,16)10-5-2-1-3-6-10/h1-3,5-6,11-14H,4,7-9H2/t11-,12+/m0/s1. The van der Waals surface area contributed by atoms with Gasteiger partial charge in [0.15, 0.2) is 9.84 Å². The fraction of sp³-hybridized carbons (Fsp3) is 0.500. The van der Waals surface area contributed by atoms with Gasteiger partial charge in [-0.25, -0.2) is 8.42 Å². The van der Waals surface area contributed by atoms with Crippen LogP contribution in [0, 0.1) is 0 Å². The highest BCUT2D eigenvalue weighted by molar-refractivity contribution is 7.91. The van der Waals surface area contributed by atoms with Crippen LogP contribution in [0.5, 0.6) is 0 Å². The maximum absolute atomic E-state index is 12.1. The zero-order chi connectivity index (χ0) is 12.3. The van der Waals surface area contributed by atoms with Gasteiger partial charge in [-0.05, 0) is 31.5 Å². The van der Waals surface area contributed by atoms with Crippen LogP contribution in [0.15, 0.2) is 35.2 Å². The number of hydrogen-bond acceptors (Lipinski definition) is 4. The van der Waals surface area contributed by atoms with E-state index in [-0.39, 0.29) is 11.8 Å². The van der Waals surface area contributed by atoms with Gasteiger partial charge in [0.05, 0.1) is 16.8 Å². The van der Waals surface area contributed by atoms with Crippen molar-refractivity contribution < 1.29 is 13.5 Å². The fourth-order valence-corrected chi connectivity index (χ4v) is 3.64. The van der Waals surface area contributed by atoms with Crippen LogP contribution in [0.4, 0.5) is 0 Å². The minimum atomic E-state index is -3.32. The normalized spacial score (nSPS) is 25.7. The van der Waals surface area contributed by atoms with Crippen molar-refractivity contribution in [2.45, 2.75) is 29.9 Å². The van der Waals surface area contributed by atoms with E-state index in [1.165, 1.54) is 0 Å². The predicted molar refractivity (Wildman–Crippen MR) is 65.5 cm³/mol. The van der Waals surface area contributed by atoms with E-state index in [1.807, 2.05) is 0 Å². The number of rotatable bonds is 3. The molecule has 1 aromatic rings. The van der Waals surface area contributed by atoms with Gasteiger partial charge < -0.3 is 10.4 Å². The minimum Gasteiger partial charge on any atom is -0.391 e. The van der Waals surface area contributed by atoms with Crippen molar-refractivity contribution in [1.82, 2.24) is 5.32 Å². The second-order valence-electron chi connectivity index (χ2n) is 4.36. The van der Waals surface area contributed by atoms with Crippen LogP contribution in [0.1, 0.15) is 12.8 Å². The first-order chi connectivity index (χ1) is 8.09. The summed E-state index contributed by atoms with van der Waals surface area (Å²) in [6.07, 6.45) is 0.993. The third-order valence-electron chi connectivity index (χ3n) is 3.05. The van der Waals surface area contributed by atoms with Crippen LogP contribution in [-0.4, -0.2) is 38.0 Å². The summed E-state index contributed by atoms with van der Waals surface area (Å²) >= 11 is 0. The molecule has 1 aliphatic rings. The molecule has 5 heteroatoms. The van der Waals surface area contributed by atoms with Crippen molar-refractivity contribution >= 4 is 9.84 Å². The average Bonchev–Trinajstić information content (AvgIpc) is 2.33. The minimum absolute atomic E-state index is 0.0435. The van der Waals surface area contributed by atoms with Gasteiger partial charge in [-0.3, -0.25) is 0 Å². The van der Waals surface area contributed by atoms with Crippen LogP contribution in [0.3, 0.4) is 0 Å². The van der Waals surface area contributed by atoms with Crippen molar-refractivity contribution in [3.63, 3.8) is 0 Å². The number of aliphatic hydroxyl groups excluding tert-OH is 1. The fourth-order valence-electron chi connectivity index (χ4n) is 2.07. The lowest BCUT2D eigenvalue weighted by Crippen LogP contribution is -2.48. The van der Waals surface area contributed by atoms with Crippen molar-refractivity contribution in [3.8, 4) is 0 Å². The van der Waals surface area contributed by atoms with E-state index in [0.29, 0.717) is 11.3 Å². The van der Waals surface area contributed by atoms with Gasteiger partial charge in [0.2, 0.25) is 0 Å². The molecule has 17 heavy (non-hydrogen) atoms. The topological polar surface area (TPSA) is 66.4 Å². The van der Waals surface area contributed by atoms with Crippen molar-refractivity contribution in [1.29, 1.82) is 0 Å². The molecule has 94 valence electrons. The Kier molecular flexibility index (Phi) is 3.81. The molecule has 0 saturated carbocycles. The van der Waals surface area contributed by atoms with Crippen LogP contribution >= 0.6 is 0 Å². The first kappa shape index (κ1) is 12.5. The van der Waals surface area contributed by atoms with E-state index in [9.17, 15) is 13.5 Å². The van der Waals surface area contributed by atoms with E-state index in [2.05, 4.69) is 5.32 Å². The summed E-state index contributed by atoms with van der Waals surface area (Å²) in [7, 11) is -3.32. The molecule has 0 amide bonds. The van der Waals surface area contributed by atoms with Crippen molar-refractivity contribution in [2.75, 3.05) is 12.3 Å². The molecule has 1 aliphatic heterocycles. The molecular weight excluding hydrogens is 238 g/mol. The first-order valence-electron chi connectivity index (χ1n) is 5.79. The molecule has 0 aliphatic carbocycles. The summed E-state index contributed by atoms with van der Waals surface area (Å²) in [4.78, 5) is 0.319. The second kappa shape index (κ2) is 5.16. The Morgan fingerprint density at radius 3 is 2.65 bits per heavy atom. The van der Waals surface area contributed by atoms with Gasteiger partial charge in [0, 0.05) is 6.04 Å². The quantitative estimate of drug-likeness (QED) is 0.829. The Labute approximate surface area is 102 Å². The summed E-state index contributed by atoms with van der Waals surface area (Å²) in [5, 5.41) is 12.8. The lowest BCUT2D eigenvalue weighted by atomic mass is 10.0. The third-order valence-corrected chi connectivity index (χ3v) is 4.84. The van der Waals surface area contributed by atoms with Gasteiger partial charge in [-0.2, -0.15) is 0 Å². The molecule has 1 aromatic carbocycles. The van der Waals surface area contributed by atoms with E-state index in [1.54, 1.807) is 30.3 Å². The number of piperidine rings is 1. The summed E-state index contributed by atoms with van der Waals surface area (Å²) in [5.41, 5.74) is 0. The molecule has 2 atom stereocenters. The molecule has 2 rings (SSSR count). The van der Waals surface area contributed by atoms with E-state index in [4.69, 9.17) is 0 Å². The molecule has 0 spiro atoms. The monoisotopic (exact) mass is 255 g/mol. The van der Waals surface area contributed by atoms with Crippen LogP contribution < -0.4 is 5.32 Å². The first-order valence-corrected chi connectivity index (χ1v) is 7.44. The van der Waals surface area contributed by atoms with Crippen LogP contribution in [-0.2, 0) is 9.84 Å². The van der Waals surface area contributed by atoms with Crippen LogP contribution in [0.25, 0.3) is 0 Å². The molecule has 1 fully saturated rings. The molecule has 1 heterocycles. The third kappa shape index (κ3) is 3.06. The van der Waals surface area contributed by atoms with E-state index < -0.39 is 15.9 Å². The molecule has 1 saturated heterocycles. The smallest absolute Gasteiger partial charge is 0.180 e. The Hall–Kier alpha value is -0.910. The SMILES string of the molecule is O=S(=O)(C[C@@H]1NCCC[C@H]1O)c1ccccc1. The number of hydrogen-bond donors (Lipinski definition) is 2. The van der Waals surface area contributed by atoms with Gasteiger partial charge in [-0.15, -0.1) is 0 Å². The Morgan fingerprint density at radius 2 is 2.00 bits per heavy atom. The lowest BCUT2D eigenvalue weighted by Gasteiger charge is -2.28. The highest BCUT2D eigenvalue weighted by Gasteiger charge is 2.28. The number of benzene rings is 1. The zero-order valence-electron chi connectivity index (χ0n) is 9.54. The van der Waals surface area contributed by atoms with E-state index >= 15 is 0 Å². The molecule has 2 N–H and O–H groups in total. The molecule has 0 radical (unpaired) electrons. The van der Waals surface area contributed by atoms with Gasteiger partial charge in [0.1, 0.15) is 0 Å².